The van der Waals surface area contributed by atoms with Gasteiger partial charge in [0, 0.05) is 19.0 Å². The van der Waals surface area contributed by atoms with Crippen LogP contribution in [-0.4, -0.2) is 18.5 Å². The van der Waals surface area contributed by atoms with Crippen LogP contribution in [0, 0.1) is 6.92 Å². The zero-order valence-electron chi connectivity index (χ0n) is 10.2. The minimum absolute atomic E-state index is 0.0437. The Balaban J connectivity index is 2.15. The second kappa shape index (κ2) is 6.33. The number of aryl methyl sites for hydroxylation is 1. The zero-order chi connectivity index (χ0) is 12.0. The smallest absolute Gasteiger partial charge is 0.221 e. The van der Waals surface area contributed by atoms with Gasteiger partial charge in [-0.2, -0.15) is 0 Å². The van der Waals surface area contributed by atoms with E-state index in [9.17, 15) is 4.79 Å². The Morgan fingerprint density at radius 2 is 2.19 bits per heavy atom. The molecule has 0 radical (unpaired) electrons. The summed E-state index contributed by atoms with van der Waals surface area (Å²) in [6.45, 7) is 7.18. The topological polar surface area (TPSA) is 54.3 Å². The third-order valence-corrected chi connectivity index (χ3v) is 2.16. The molecule has 1 rings (SSSR count). The Bertz CT molecular complexity index is 332. The molecule has 0 aliphatic heterocycles. The molecule has 0 saturated carbocycles. The van der Waals surface area contributed by atoms with E-state index in [0.29, 0.717) is 25.6 Å². The van der Waals surface area contributed by atoms with Crippen molar-refractivity contribution >= 4 is 5.91 Å². The summed E-state index contributed by atoms with van der Waals surface area (Å²) in [5, 5.41) is 6.01. The summed E-state index contributed by atoms with van der Waals surface area (Å²) in [6, 6.07) is 4.18. The number of amides is 1. The molecule has 0 aliphatic rings. The van der Waals surface area contributed by atoms with Gasteiger partial charge in [-0.1, -0.05) is 13.8 Å². The number of carbonyl (C=O) groups is 1. The first-order valence-corrected chi connectivity index (χ1v) is 5.63. The highest BCUT2D eigenvalue weighted by Gasteiger charge is 2.03. The van der Waals surface area contributed by atoms with E-state index in [1.54, 1.807) is 0 Å². The summed E-state index contributed by atoms with van der Waals surface area (Å²) >= 11 is 0. The largest absolute Gasteiger partial charge is 0.465 e. The quantitative estimate of drug-likeness (QED) is 0.771. The van der Waals surface area contributed by atoms with Crippen LogP contribution in [0.15, 0.2) is 16.5 Å². The number of rotatable bonds is 6. The Labute approximate surface area is 96.4 Å². The van der Waals surface area contributed by atoms with Gasteiger partial charge in [0.25, 0.3) is 0 Å². The lowest BCUT2D eigenvalue weighted by molar-refractivity contribution is -0.121. The van der Waals surface area contributed by atoms with Gasteiger partial charge >= 0.3 is 0 Å². The molecular weight excluding hydrogens is 204 g/mol. The summed E-state index contributed by atoms with van der Waals surface area (Å²) in [6.07, 6.45) is 0.498. The van der Waals surface area contributed by atoms with Crippen LogP contribution in [0.5, 0.6) is 0 Å². The maximum absolute atomic E-state index is 11.4. The lowest BCUT2D eigenvalue weighted by Crippen LogP contribution is -2.30. The Morgan fingerprint density at radius 1 is 1.44 bits per heavy atom. The highest BCUT2D eigenvalue weighted by Crippen LogP contribution is 2.05. The predicted molar refractivity (Wildman–Crippen MR) is 63.0 cm³/mol. The summed E-state index contributed by atoms with van der Waals surface area (Å²) < 4.78 is 5.35. The van der Waals surface area contributed by atoms with Crippen LogP contribution in [0.25, 0.3) is 0 Å². The van der Waals surface area contributed by atoms with Gasteiger partial charge in [0.2, 0.25) is 5.91 Å². The molecule has 4 nitrogen and oxygen atoms in total. The second-order valence-electron chi connectivity index (χ2n) is 4.15. The molecule has 1 aromatic rings. The maximum Gasteiger partial charge on any atom is 0.221 e. The molecule has 0 spiro atoms. The lowest BCUT2D eigenvalue weighted by atomic mass is 10.3. The van der Waals surface area contributed by atoms with Crippen LogP contribution < -0.4 is 10.6 Å². The number of hydrogen-bond acceptors (Lipinski definition) is 3. The van der Waals surface area contributed by atoms with E-state index in [1.807, 2.05) is 19.1 Å². The zero-order valence-corrected chi connectivity index (χ0v) is 10.2. The maximum atomic E-state index is 11.4. The Hall–Kier alpha value is -1.29. The summed E-state index contributed by atoms with van der Waals surface area (Å²) in [7, 11) is 0. The third-order valence-electron chi connectivity index (χ3n) is 2.16. The fourth-order valence-corrected chi connectivity index (χ4v) is 1.33. The molecule has 0 saturated heterocycles. The average Bonchev–Trinajstić information content (AvgIpc) is 2.61. The molecule has 1 aromatic heterocycles. The van der Waals surface area contributed by atoms with E-state index >= 15 is 0 Å². The molecule has 0 atom stereocenters. The average molecular weight is 224 g/mol. The van der Waals surface area contributed by atoms with Crippen molar-refractivity contribution in [2.24, 2.45) is 0 Å². The monoisotopic (exact) mass is 224 g/mol. The highest BCUT2D eigenvalue weighted by molar-refractivity contribution is 5.75. The number of nitrogens with one attached hydrogen (secondary N) is 2. The van der Waals surface area contributed by atoms with Crippen molar-refractivity contribution in [1.29, 1.82) is 0 Å². The minimum Gasteiger partial charge on any atom is -0.465 e. The molecule has 90 valence electrons. The van der Waals surface area contributed by atoms with Crippen LogP contribution in [0.1, 0.15) is 31.8 Å². The van der Waals surface area contributed by atoms with Crippen molar-refractivity contribution in [3.8, 4) is 0 Å². The number of furan rings is 1. The van der Waals surface area contributed by atoms with Gasteiger partial charge in [-0.25, -0.2) is 0 Å². The van der Waals surface area contributed by atoms with Crippen molar-refractivity contribution < 1.29 is 9.21 Å². The molecule has 0 fully saturated rings. The summed E-state index contributed by atoms with van der Waals surface area (Å²) in [5.41, 5.74) is 0. The van der Waals surface area contributed by atoms with Gasteiger partial charge in [0.1, 0.15) is 11.5 Å². The van der Waals surface area contributed by atoms with Crippen molar-refractivity contribution in [3.63, 3.8) is 0 Å². The van der Waals surface area contributed by atoms with E-state index in [-0.39, 0.29) is 5.91 Å². The molecular formula is C12H20N2O2. The SMILES string of the molecule is Cc1ccc(CNC(=O)CCNC(C)C)o1. The molecule has 1 heterocycles. The summed E-state index contributed by atoms with van der Waals surface area (Å²) in [5.74, 6) is 1.70. The molecule has 0 bridgehead atoms. The van der Waals surface area contributed by atoms with Crippen LogP contribution >= 0.6 is 0 Å². The Morgan fingerprint density at radius 3 is 2.75 bits per heavy atom. The normalized spacial score (nSPS) is 10.8. The predicted octanol–water partition coefficient (Wildman–Crippen LogP) is 1.59. The molecule has 16 heavy (non-hydrogen) atoms. The fraction of sp³-hybridized carbons (Fsp3) is 0.583. The minimum atomic E-state index is 0.0437. The molecule has 2 N–H and O–H groups in total. The van der Waals surface area contributed by atoms with Gasteiger partial charge in [0.15, 0.2) is 0 Å². The first-order chi connectivity index (χ1) is 7.58. The van der Waals surface area contributed by atoms with Crippen molar-refractivity contribution in [2.45, 2.75) is 39.8 Å². The number of hydrogen-bond donors (Lipinski definition) is 2. The molecule has 0 unspecified atom stereocenters. The summed E-state index contributed by atoms with van der Waals surface area (Å²) in [4.78, 5) is 11.4. The van der Waals surface area contributed by atoms with Crippen LogP contribution in [0.3, 0.4) is 0 Å². The third kappa shape index (κ3) is 4.98. The lowest BCUT2D eigenvalue weighted by Gasteiger charge is -2.07. The van der Waals surface area contributed by atoms with Gasteiger partial charge in [-0.15, -0.1) is 0 Å². The van der Waals surface area contributed by atoms with E-state index in [4.69, 9.17) is 4.42 Å². The van der Waals surface area contributed by atoms with Crippen LogP contribution in [-0.2, 0) is 11.3 Å². The van der Waals surface area contributed by atoms with Crippen molar-refractivity contribution in [3.05, 3.63) is 23.7 Å². The first-order valence-electron chi connectivity index (χ1n) is 5.63. The van der Waals surface area contributed by atoms with Gasteiger partial charge < -0.3 is 15.1 Å². The van der Waals surface area contributed by atoms with E-state index in [2.05, 4.69) is 24.5 Å². The van der Waals surface area contributed by atoms with Gasteiger partial charge in [0.05, 0.1) is 6.54 Å². The van der Waals surface area contributed by atoms with Crippen molar-refractivity contribution in [2.75, 3.05) is 6.54 Å². The van der Waals surface area contributed by atoms with Gasteiger partial charge in [-0.05, 0) is 19.1 Å². The van der Waals surface area contributed by atoms with Crippen molar-refractivity contribution in [1.82, 2.24) is 10.6 Å². The highest BCUT2D eigenvalue weighted by atomic mass is 16.3. The molecule has 0 aromatic carbocycles. The Kier molecular flexibility index (Phi) is 5.05. The van der Waals surface area contributed by atoms with E-state index in [0.717, 1.165) is 11.5 Å². The fourth-order valence-electron chi connectivity index (χ4n) is 1.33. The number of carbonyl (C=O) groups excluding carboxylic acids is 1. The second-order valence-corrected chi connectivity index (χ2v) is 4.15. The molecule has 4 heteroatoms. The van der Waals surface area contributed by atoms with E-state index < -0.39 is 0 Å². The van der Waals surface area contributed by atoms with E-state index in [1.165, 1.54) is 0 Å². The molecule has 0 aliphatic carbocycles. The first kappa shape index (κ1) is 12.8. The van der Waals surface area contributed by atoms with Crippen LogP contribution in [0.2, 0.25) is 0 Å². The van der Waals surface area contributed by atoms with Gasteiger partial charge in [-0.3, -0.25) is 4.79 Å². The standard InChI is InChI=1S/C12H20N2O2/c1-9(2)13-7-6-12(15)14-8-11-5-4-10(3)16-11/h4-5,9,13H,6-8H2,1-3H3,(H,14,15). The molecule has 1 amide bonds. The van der Waals surface area contributed by atoms with Crippen LogP contribution in [0.4, 0.5) is 0 Å².